The van der Waals surface area contributed by atoms with Gasteiger partial charge in [-0.25, -0.2) is 0 Å². The van der Waals surface area contributed by atoms with Gasteiger partial charge in [0.1, 0.15) is 0 Å². The smallest absolute Gasteiger partial charge is 0.171 e. The monoisotopic (exact) mass is 215 g/mol. The summed E-state index contributed by atoms with van der Waals surface area (Å²) >= 11 is 0. The van der Waals surface area contributed by atoms with E-state index in [2.05, 4.69) is 19.2 Å². The fourth-order valence-corrected chi connectivity index (χ4v) is 2.41. The Morgan fingerprint density at radius 1 is 1.20 bits per heavy atom. The van der Waals surface area contributed by atoms with Gasteiger partial charge in [-0.1, -0.05) is 19.8 Å². The molecule has 1 N–H and O–H groups in total. The first-order valence-electron chi connectivity index (χ1n) is 5.90. The quantitative estimate of drug-likeness (QED) is 0.689. The Morgan fingerprint density at radius 2 is 1.73 bits per heavy atom. The van der Waals surface area contributed by atoms with E-state index >= 15 is 0 Å². The van der Waals surface area contributed by atoms with E-state index in [0.717, 1.165) is 6.54 Å². The van der Waals surface area contributed by atoms with E-state index in [4.69, 9.17) is 9.47 Å². The molecule has 0 aliphatic heterocycles. The van der Waals surface area contributed by atoms with Gasteiger partial charge in [-0.3, -0.25) is 0 Å². The third kappa shape index (κ3) is 3.74. The molecule has 0 aromatic rings. The van der Waals surface area contributed by atoms with Crippen molar-refractivity contribution in [3.05, 3.63) is 0 Å². The largest absolute Gasteiger partial charge is 0.354 e. The second kappa shape index (κ2) is 5.83. The molecule has 1 fully saturated rings. The molecule has 1 saturated carbocycles. The number of hydrogen-bond acceptors (Lipinski definition) is 3. The zero-order chi connectivity index (χ0) is 11.3. The standard InChI is InChI=1S/C12H25NO2/c1-10(11(14-3)15-4)13-9-12(2)7-5-6-8-12/h10-11,13H,5-9H2,1-4H3. The van der Waals surface area contributed by atoms with Crippen LogP contribution in [0.15, 0.2) is 0 Å². The van der Waals surface area contributed by atoms with Crippen molar-refractivity contribution < 1.29 is 9.47 Å². The van der Waals surface area contributed by atoms with E-state index in [1.807, 2.05) is 0 Å². The van der Waals surface area contributed by atoms with Crippen LogP contribution in [0.3, 0.4) is 0 Å². The lowest BCUT2D eigenvalue weighted by atomic mass is 9.89. The first-order chi connectivity index (χ1) is 7.11. The summed E-state index contributed by atoms with van der Waals surface area (Å²) in [5.74, 6) is 0. The van der Waals surface area contributed by atoms with E-state index in [9.17, 15) is 0 Å². The summed E-state index contributed by atoms with van der Waals surface area (Å²) in [6.45, 7) is 5.54. The third-order valence-corrected chi connectivity index (χ3v) is 3.53. The molecule has 0 aromatic carbocycles. The minimum atomic E-state index is -0.144. The summed E-state index contributed by atoms with van der Waals surface area (Å²) in [6, 6.07) is 0.248. The van der Waals surface area contributed by atoms with Crippen LogP contribution in [0.2, 0.25) is 0 Å². The fraction of sp³-hybridized carbons (Fsp3) is 1.00. The van der Waals surface area contributed by atoms with Crippen molar-refractivity contribution in [2.75, 3.05) is 20.8 Å². The third-order valence-electron chi connectivity index (χ3n) is 3.53. The minimum Gasteiger partial charge on any atom is -0.354 e. The molecular weight excluding hydrogens is 190 g/mol. The molecule has 3 heteroatoms. The van der Waals surface area contributed by atoms with Crippen molar-refractivity contribution in [2.24, 2.45) is 5.41 Å². The molecule has 0 aromatic heterocycles. The van der Waals surface area contributed by atoms with Crippen LogP contribution in [0.1, 0.15) is 39.5 Å². The lowest BCUT2D eigenvalue weighted by Crippen LogP contribution is -2.43. The Balaban J connectivity index is 2.29. The van der Waals surface area contributed by atoms with Gasteiger partial charge in [0.25, 0.3) is 0 Å². The van der Waals surface area contributed by atoms with Crippen LogP contribution in [0.4, 0.5) is 0 Å². The lowest BCUT2D eigenvalue weighted by molar-refractivity contribution is -0.120. The molecule has 1 aliphatic carbocycles. The van der Waals surface area contributed by atoms with Crippen LogP contribution in [0.25, 0.3) is 0 Å². The normalized spacial score (nSPS) is 22.2. The molecule has 1 aliphatic rings. The van der Waals surface area contributed by atoms with Crippen molar-refractivity contribution >= 4 is 0 Å². The summed E-state index contributed by atoms with van der Waals surface area (Å²) in [7, 11) is 3.37. The maximum atomic E-state index is 5.22. The molecule has 1 rings (SSSR count). The second-order valence-electron chi connectivity index (χ2n) is 5.03. The van der Waals surface area contributed by atoms with Gasteiger partial charge in [0, 0.05) is 20.8 Å². The Bertz CT molecular complexity index is 174. The second-order valence-corrected chi connectivity index (χ2v) is 5.03. The van der Waals surface area contributed by atoms with Gasteiger partial charge in [-0.15, -0.1) is 0 Å². The van der Waals surface area contributed by atoms with Crippen LogP contribution in [0, 0.1) is 5.41 Å². The van der Waals surface area contributed by atoms with Crippen molar-refractivity contribution in [2.45, 2.75) is 51.9 Å². The molecule has 0 saturated heterocycles. The highest BCUT2D eigenvalue weighted by Crippen LogP contribution is 2.36. The number of nitrogens with one attached hydrogen (secondary N) is 1. The zero-order valence-electron chi connectivity index (χ0n) is 10.5. The van der Waals surface area contributed by atoms with E-state index in [1.54, 1.807) is 14.2 Å². The molecule has 0 bridgehead atoms. The highest BCUT2D eigenvalue weighted by atomic mass is 16.7. The van der Waals surface area contributed by atoms with Gasteiger partial charge in [-0.05, 0) is 25.2 Å². The molecular formula is C12H25NO2. The average molecular weight is 215 g/mol. The number of ether oxygens (including phenoxy) is 2. The molecule has 0 spiro atoms. The predicted molar refractivity (Wildman–Crippen MR) is 61.8 cm³/mol. The van der Waals surface area contributed by atoms with Crippen molar-refractivity contribution in [1.29, 1.82) is 0 Å². The topological polar surface area (TPSA) is 30.5 Å². The summed E-state index contributed by atoms with van der Waals surface area (Å²) < 4.78 is 10.4. The van der Waals surface area contributed by atoms with Crippen LogP contribution in [-0.2, 0) is 9.47 Å². The van der Waals surface area contributed by atoms with Crippen LogP contribution < -0.4 is 5.32 Å². The van der Waals surface area contributed by atoms with Gasteiger partial charge < -0.3 is 14.8 Å². The Morgan fingerprint density at radius 3 is 2.20 bits per heavy atom. The summed E-state index contributed by atoms with van der Waals surface area (Å²) in [5, 5.41) is 3.52. The molecule has 3 nitrogen and oxygen atoms in total. The highest BCUT2D eigenvalue weighted by Gasteiger charge is 2.29. The minimum absolute atomic E-state index is 0.144. The Kier molecular flexibility index (Phi) is 5.03. The first kappa shape index (κ1) is 12.9. The average Bonchev–Trinajstić information content (AvgIpc) is 2.65. The van der Waals surface area contributed by atoms with E-state index in [0.29, 0.717) is 5.41 Å². The fourth-order valence-electron chi connectivity index (χ4n) is 2.41. The summed E-state index contributed by atoms with van der Waals surface area (Å²) in [4.78, 5) is 0. The maximum Gasteiger partial charge on any atom is 0.171 e. The van der Waals surface area contributed by atoms with E-state index in [-0.39, 0.29) is 12.3 Å². The number of methoxy groups -OCH3 is 2. The Labute approximate surface area is 93.5 Å². The van der Waals surface area contributed by atoms with Gasteiger partial charge in [-0.2, -0.15) is 0 Å². The molecule has 90 valence electrons. The SMILES string of the molecule is COC(OC)C(C)NCC1(C)CCCC1. The van der Waals surface area contributed by atoms with E-state index in [1.165, 1.54) is 25.7 Å². The zero-order valence-corrected chi connectivity index (χ0v) is 10.5. The maximum absolute atomic E-state index is 5.22. The van der Waals surface area contributed by atoms with Crippen LogP contribution in [-0.4, -0.2) is 33.1 Å². The molecule has 15 heavy (non-hydrogen) atoms. The molecule has 1 unspecified atom stereocenters. The van der Waals surface area contributed by atoms with Crippen molar-refractivity contribution in [3.63, 3.8) is 0 Å². The Hall–Kier alpha value is -0.120. The molecule has 0 amide bonds. The molecule has 0 radical (unpaired) electrons. The lowest BCUT2D eigenvalue weighted by Gasteiger charge is -2.29. The van der Waals surface area contributed by atoms with Crippen molar-refractivity contribution in [1.82, 2.24) is 5.32 Å². The number of hydrogen-bond donors (Lipinski definition) is 1. The summed E-state index contributed by atoms with van der Waals surface area (Å²) in [5.41, 5.74) is 0.486. The predicted octanol–water partition coefficient (Wildman–Crippen LogP) is 2.16. The van der Waals surface area contributed by atoms with Gasteiger partial charge >= 0.3 is 0 Å². The summed E-state index contributed by atoms with van der Waals surface area (Å²) in [6.07, 6.45) is 5.30. The van der Waals surface area contributed by atoms with Gasteiger partial charge in [0.05, 0.1) is 6.04 Å². The van der Waals surface area contributed by atoms with E-state index < -0.39 is 0 Å². The van der Waals surface area contributed by atoms with Crippen LogP contribution in [0.5, 0.6) is 0 Å². The van der Waals surface area contributed by atoms with Gasteiger partial charge in [0.2, 0.25) is 0 Å². The highest BCUT2D eigenvalue weighted by molar-refractivity contribution is 4.83. The number of rotatable bonds is 6. The van der Waals surface area contributed by atoms with Crippen LogP contribution >= 0.6 is 0 Å². The first-order valence-corrected chi connectivity index (χ1v) is 5.90. The van der Waals surface area contributed by atoms with Crippen molar-refractivity contribution in [3.8, 4) is 0 Å². The van der Waals surface area contributed by atoms with Gasteiger partial charge in [0.15, 0.2) is 6.29 Å². The molecule has 1 atom stereocenters. The molecule has 0 heterocycles.